The SMILES string of the molecule is COC(=O)c1c(NC(=O)C(Sc2cccc(NC(=O)c3ccccc3F)c2)c2ccccc2)sc(C(=O)Nc2ccccc2)c1C. The molecule has 0 saturated carbocycles. The number of methoxy groups -OCH3 is 1. The minimum Gasteiger partial charge on any atom is -0.465 e. The molecule has 46 heavy (non-hydrogen) atoms. The maximum absolute atomic E-state index is 14.2. The highest BCUT2D eigenvalue weighted by molar-refractivity contribution is 8.00. The number of amides is 3. The monoisotopic (exact) mass is 653 g/mol. The quantitative estimate of drug-likeness (QED) is 0.104. The fraction of sp³-hybridized carbons (Fsp3) is 0.0857. The molecule has 0 aliphatic carbocycles. The number of benzene rings is 4. The maximum Gasteiger partial charge on any atom is 0.341 e. The standard InChI is InChI=1S/C35H28FN3O5S2/c1-21-28(35(43)44-2)34(46-29(21)32(41)37-23-14-7-4-8-15-23)39-33(42)30(22-12-5-3-6-13-22)45-25-17-11-16-24(20-25)38-31(40)26-18-9-10-19-27(26)36/h3-20,30H,1-2H3,(H,37,41)(H,38,40)(H,39,42). The third-order valence-electron chi connectivity index (χ3n) is 6.82. The molecule has 3 N–H and O–H groups in total. The van der Waals surface area contributed by atoms with E-state index in [9.17, 15) is 23.6 Å². The second-order valence-corrected chi connectivity index (χ2v) is 12.1. The van der Waals surface area contributed by atoms with Gasteiger partial charge in [-0.05, 0) is 60.5 Å². The van der Waals surface area contributed by atoms with E-state index in [-0.39, 0.29) is 21.0 Å². The Balaban J connectivity index is 1.42. The van der Waals surface area contributed by atoms with E-state index in [4.69, 9.17) is 4.74 Å². The number of carbonyl (C=O) groups excluding carboxylic acids is 4. The lowest BCUT2D eigenvalue weighted by molar-refractivity contribution is -0.115. The Kier molecular flexibility index (Phi) is 10.3. The third kappa shape index (κ3) is 7.51. The van der Waals surface area contributed by atoms with Crippen LogP contribution in [0.4, 0.5) is 20.8 Å². The molecule has 11 heteroatoms. The first-order valence-corrected chi connectivity index (χ1v) is 15.7. The zero-order valence-corrected chi connectivity index (χ0v) is 26.3. The van der Waals surface area contributed by atoms with Gasteiger partial charge in [0.1, 0.15) is 16.1 Å². The van der Waals surface area contributed by atoms with Crippen molar-refractivity contribution in [3.8, 4) is 0 Å². The fourth-order valence-corrected chi connectivity index (χ4v) is 6.76. The Labute approximate surface area is 273 Å². The van der Waals surface area contributed by atoms with Gasteiger partial charge in [0, 0.05) is 16.3 Å². The summed E-state index contributed by atoms with van der Waals surface area (Å²) in [6, 6.07) is 30.5. The summed E-state index contributed by atoms with van der Waals surface area (Å²) < 4.78 is 19.2. The Morgan fingerprint density at radius 3 is 2.09 bits per heavy atom. The molecule has 1 atom stereocenters. The van der Waals surface area contributed by atoms with E-state index in [1.165, 1.54) is 37.1 Å². The number of anilines is 3. The molecule has 1 unspecified atom stereocenters. The molecule has 232 valence electrons. The lowest BCUT2D eigenvalue weighted by Gasteiger charge is -2.18. The minimum absolute atomic E-state index is 0.0911. The number of halogens is 1. The molecule has 5 aromatic rings. The van der Waals surface area contributed by atoms with Crippen LogP contribution in [0.1, 0.15) is 46.8 Å². The summed E-state index contributed by atoms with van der Waals surface area (Å²) >= 11 is 2.20. The van der Waals surface area contributed by atoms with Crippen molar-refractivity contribution in [3.63, 3.8) is 0 Å². The second-order valence-electron chi connectivity index (χ2n) is 9.93. The summed E-state index contributed by atoms with van der Waals surface area (Å²) in [6.07, 6.45) is 0. The predicted octanol–water partition coefficient (Wildman–Crippen LogP) is 7.96. The van der Waals surface area contributed by atoms with Gasteiger partial charge in [-0.15, -0.1) is 23.1 Å². The van der Waals surface area contributed by atoms with Gasteiger partial charge in [-0.3, -0.25) is 14.4 Å². The largest absolute Gasteiger partial charge is 0.465 e. The van der Waals surface area contributed by atoms with Gasteiger partial charge >= 0.3 is 5.97 Å². The second kappa shape index (κ2) is 14.7. The van der Waals surface area contributed by atoms with Gasteiger partial charge in [0.15, 0.2) is 0 Å². The molecule has 3 amide bonds. The molecule has 8 nitrogen and oxygen atoms in total. The van der Waals surface area contributed by atoms with Crippen molar-refractivity contribution >= 4 is 63.2 Å². The molecule has 0 radical (unpaired) electrons. The summed E-state index contributed by atoms with van der Waals surface area (Å²) in [4.78, 5) is 53.6. The predicted molar refractivity (Wildman–Crippen MR) is 179 cm³/mol. The highest BCUT2D eigenvalue weighted by Gasteiger charge is 2.29. The first-order valence-electron chi connectivity index (χ1n) is 14.0. The van der Waals surface area contributed by atoms with Crippen molar-refractivity contribution in [1.29, 1.82) is 0 Å². The van der Waals surface area contributed by atoms with Gasteiger partial charge < -0.3 is 20.7 Å². The zero-order valence-electron chi connectivity index (χ0n) is 24.7. The first kappa shape index (κ1) is 32.1. The number of esters is 1. The van der Waals surface area contributed by atoms with Crippen LogP contribution in [0.5, 0.6) is 0 Å². The molecule has 0 aliphatic heterocycles. The van der Waals surface area contributed by atoms with Crippen LogP contribution in [0, 0.1) is 12.7 Å². The van der Waals surface area contributed by atoms with Crippen LogP contribution in [0.25, 0.3) is 0 Å². The van der Waals surface area contributed by atoms with Crippen molar-refractivity contribution in [1.82, 2.24) is 0 Å². The number of thiophene rings is 1. The fourth-order valence-electron chi connectivity index (χ4n) is 4.58. The molecule has 0 fully saturated rings. The summed E-state index contributed by atoms with van der Waals surface area (Å²) in [5.74, 6) is -2.80. The number of hydrogen-bond acceptors (Lipinski definition) is 7. The molecule has 1 aromatic heterocycles. The average Bonchev–Trinajstić information content (AvgIpc) is 3.39. The minimum atomic E-state index is -0.798. The molecular weight excluding hydrogens is 626 g/mol. The van der Waals surface area contributed by atoms with Crippen LogP contribution >= 0.6 is 23.1 Å². The van der Waals surface area contributed by atoms with Crippen LogP contribution < -0.4 is 16.0 Å². The number of hydrogen-bond donors (Lipinski definition) is 3. The average molecular weight is 654 g/mol. The van der Waals surface area contributed by atoms with E-state index < -0.39 is 34.8 Å². The lowest BCUT2D eigenvalue weighted by atomic mass is 10.1. The lowest BCUT2D eigenvalue weighted by Crippen LogP contribution is -2.20. The summed E-state index contributed by atoms with van der Waals surface area (Å²) in [6.45, 7) is 1.63. The molecule has 0 aliphatic rings. The summed E-state index contributed by atoms with van der Waals surface area (Å²) in [7, 11) is 1.23. The van der Waals surface area contributed by atoms with Gasteiger partial charge in [-0.1, -0.05) is 66.7 Å². The number of ether oxygens (including phenoxy) is 1. The van der Waals surface area contributed by atoms with Crippen LogP contribution in [0.3, 0.4) is 0 Å². The van der Waals surface area contributed by atoms with Crippen molar-refractivity contribution in [3.05, 3.63) is 142 Å². The van der Waals surface area contributed by atoms with Crippen LogP contribution in [-0.2, 0) is 9.53 Å². The van der Waals surface area contributed by atoms with Gasteiger partial charge in [0.05, 0.1) is 23.1 Å². The molecule has 1 heterocycles. The first-order chi connectivity index (χ1) is 22.2. The normalized spacial score (nSPS) is 11.3. The van der Waals surface area contributed by atoms with Crippen molar-refractivity contribution < 1.29 is 28.3 Å². The van der Waals surface area contributed by atoms with Crippen LogP contribution in [0.15, 0.2) is 114 Å². The molecule has 0 saturated heterocycles. The maximum atomic E-state index is 14.2. The Morgan fingerprint density at radius 2 is 1.39 bits per heavy atom. The number of thioether (sulfide) groups is 1. The summed E-state index contributed by atoms with van der Waals surface area (Å²) in [5.41, 5.74) is 2.06. The van der Waals surface area contributed by atoms with Crippen molar-refractivity contribution in [2.45, 2.75) is 17.1 Å². The van der Waals surface area contributed by atoms with Gasteiger partial charge in [-0.2, -0.15) is 0 Å². The Morgan fingerprint density at radius 1 is 0.761 bits per heavy atom. The van der Waals surface area contributed by atoms with Gasteiger partial charge in [0.2, 0.25) is 5.91 Å². The number of para-hydroxylation sites is 1. The number of carbonyl (C=O) groups is 4. The molecule has 5 rings (SSSR count). The van der Waals surface area contributed by atoms with Crippen molar-refractivity contribution in [2.24, 2.45) is 0 Å². The zero-order chi connectivity index (χ0) is 32.6. The molecule has 0 spiro atoms. The van der Waals surface area contributed by atoms with Crippen molar-refractivity contribution in [2.75, 3.05) is 23.1 Å². The van der Waals surface area contributed by atoms with Crippen LogP contribution in [0.2, 0.25) is 0 Å². The molecular formula is C35H28FN3O5S2. The van der Waals surface area contributed by atoms with Crippen LogP contribution in [-0.4, -0.2) is 30.8 Å². The van der Waals surface area contributed by atoms with E-state index >= 15 is 0 Å². The smallest absolute Gasteiger partial charge is 0.341 e. The van der Waals surface area contributed by atoms with E-state index in [1.54, 1.807) is 73.7 Å². The van der Waals surface area contributed by atoms with E-state index in [2.05, 4.69) is 16.0 Å². The van der Waals surface area contributed by atoms with E-state index in [0.29, 0.717) is 27.4 Å². The van der Waals surface area contributed by atoms with Gasteiger partial charge in [-0.25, -0.2) is 9.18 Å². The summed E-state index contributed by atoms with van der Waals surface area (Å²) in [5, 5.41) is 7.77. The topological polar surface area (TPSA) is 114 Å². The Bertz CT molecular complexity index is 1900. The number of rotatable bonds is 10. The Hall–Kier alpha value is -5.26. The molecule has 4 aromatic carbocycles. The van der Waals surface area contributed by atoms with E-state index in [1.807, 2.05) is 24.3 Å². The highest BCUT2D eigenvalue weighted by Crippen LogP contribution is 2.40. The highest BCUT2D eigenvalue weighted by atomic mass is 32.2. The van der Waals surface area contributed by atoms with E-state index in [0.717, 1.165) is 11.3 Å². The van der Waals surface area contributed by atoms with Gasteiger partial charge in [0.25, 0.3) is 11.8 Å². The third-order valence-corrected chi connectivity index (χ3v) is 9.27. The molecule has 0 bridgehead atoms. The number of nitrogens with one attached hydrogen (secondary N) is 3.